The van der Waals surface area contributed by atoms with Crippen molar-refractivity contribution < 1.29 is 4.79 Å². The maximum absolute atomic E-state index is 12.2. The number of nitrogens with one attached hydrogen (secondary N) is 1. The van der Waals surface area contributed by atoms with Crippen LogP contribution in [0.4, 0.5) is 0 Å². The Balaban J connectivity index is 2.07. The Bertz CT molecular complexity index is 399. The van der Waals surface area contributed by atoms with E-state index in [1.54, 1.807) is 4.90 Å². The molecule has 2 rings (SSSR count). The molecule has 1 fully saturated rings. The molecule has 0 spiro atoms. The highest BCUT2D eigenvalue weighted by Crippen LogP contribution is 2.15. The lowest BCUT2D eigenvalue weighted by Crippen LogP contribution is -2.45. The smallest absolute Gasteiger partial charge is 0.274 e. The van der Waals surface area contributed by atoms with Gasteiger partial charge in [-0.1, -0.05) is 13.8 Å². The van der Waals surface area contributed by atoms with Gasteiger partial charge in [-0.15, -0.1) is 0 Å². The number of hydrogen-bond acceptors (Lipinski definition) is 3. The molecule has 1 saturated heterocycles. The monoisotopic (exact) mass is 236 g/mol. The number of aromatic amines is 1. The lowest BCUT2D eigenvalue weighted by molar-refractivity contribution is 0.0703. The van der Waals surface area contributed by atoms with Crippen molar-refractivity contribution in [2.24, 2.45) is 5.73 Å². The van der Waals surface area contributed by atoms with E-state index in [2.05, 4.69) is 24.0 Å². The highest BCUT2D eigenvalue weighted by atomic mass is 16.2. The van der Waals surface area contributed by atoms with E-state index < -0.39 is 0 Å². The van der Waals surface area contributed by atoms with E-state index >= 15 is 0 Å². The second kappa shape index (κ2) is 4.87. The minimum absolute atomic E-state index is 0.0108. The summed E-state index contributed by atoms with van der Waals surface area (Å²) in [7, 11) is 0. The van der Waals surface area contributed by atoms with Crippen LogP contribution in [0.5, 0.6) is 0 Å². The standard InChI is InChI=1S/C12H20N4O/c1-8(2)10-6-11(15-14-10)12(17)16-5-3-4-9(13)7-16/h6,8-9H,3-5,7,13H2,1-2H3,(H,14,15). The Kier molecular flexibility index (Phi) is 3.47. The van der Waals surface area contributed by atoms with Crippen LogP contribution in [0.3, 0.4) is 0 Å². The van der Waals surface area contributed by atoms with E-state index in [4.69, 9.17) is 5.73 Å². The van der Waals surface area contributed by atoms with E-state index in [9.17, 15) is 4.79 Å². The Hall–Kier alpha value is -1.36. The SMILES string of the molecule is CC(C)c1cc(C(=O)N2CCCC(N)C2)n[nH]1. The lowest BCUT2D eigenvalue weighted by Gasteiger charge is -2.30. The molecule has 1 amide bonds. The third-order valence-electron chi connectivity index (χ3n) is 3.18. The van der Waals surface area contributed by atoms with Crippen LogP contribution in [0, 0.1) is 0 Å². The molecule has 1 atom stereocenters. The number of amides is 1. The van der Waals surface area contributed by atoms with Crippen LogP contribution in [0.1, 0.15) is 48.8 Å². The topological polar surface area (TPSA) is 75.0 Å². The van der Waals surface area contributed by atoms with Crippen molar-refractivity contribution in [1.29, 1.82) is 0 Å². The average molecular weight is 236 g/mol. The van der Waals surface area contributed by atoms with Gasteiger partial charge in [-0.2, -0.15) is 5.10 Å². The number of H-pyrrole nitrogens is 1. The maximum atomic E-state index is 12.2. The molecule has 1 aliphatic rings. The Labute approximate surface area is 101 Å². The molecule has 0 radical (unpaired) electrons. The summed E-state index contributed by atoms with van der Waals surface area (Å²) in [4.78, 5) is 14.0. The van der Waals surface area contributed by atoms with Crippen LogP contribution in [-0.2, 0) is 0 Å². The maximum Gasteiger partial charge on any atom is 0.274 e. The molecule has 3 N–H and O–H groups in total. The van der Waals surface area contributed by atoms with Crippen molar-refractivity contribution in [2.75, 3.05) is 13.1 Å². The van der Waals surface area contributed by atoms with Gasteiger partial charge in [0.05, 0.1) is 0 Å². The highest BCUT2D eigenvalue weighted by molar-refractivity contribution is 5.92. The fourth-order valence-electron chi connectivity index (χ4n) is 2.10. The molecule has 5 heteroatoms. The van der Waals surface area contributed by atoms with Crippen LogP contribution >= 0.6 is 0 Å². The number of nitrogens with zero attached hydrogens (tertiary/aromatic N) is 2. The first kappa shape index (κ1) is 12.1. The van der Waals surface area contributed by atoms with Gasteiger partial charge in [0.1, 0.15) is 5.69 Å². The summed E-state index contributed by atoms with van der Waals surface area (Å²) in [5.41, 5.74) is 7.37. The third-order valence-corrected chi connectivity index (χ3v) is 3.18. The van der Waals surface area contributed by atoms with E-state index in [1.165, 1.54) is 0 Å². The van der Waals surface area contributed by atoms with Crippen molar-refractivity contribution >= 4 is 5.91 Å². The van der Waals surface area contributed by atoms with Gasteiger partial charge in [0.15, 0.2) is 0 Å². The molecular weight excluding hydrogens is 216 g/mol. The largest absolute Gasteiger partial charge is 0.336 e. The molecule has 0 aromatic carbocycles. The second-order valence-corrected chi connectivity index (χ2v) is 5.02. The van der Waals surface area contributed by atoms with Gasteiger partial charge in [-0.3, -0.25) is 9.89 Å². The van der Waals surface area contributed by atoms with Crippen LogP contribution in [0.15, 0.2) is 6.07 Å². The van der Waals surface area contributed by atoms with E-state index in [-0.39, 0.29) is 11.9 Å². The summed E-state index contributed by atoms with van der Waals surface area (Å²) in [5, 5.41) is 6.99. The first-order valence-electron chi connectivity index (χ1n) is 6.18. The molecule has 1 aliphatic heterocycles. The van der Waals surface area contributed by atoms with Crippen LogP contribution in [-0.4, -0.2) is 40.1 Å². The number of aromatic nitrogens is 2. The Morgan fingerprint density at radius 3 is 3.00 bits per heavy atom. The zero-order chi connectivity index (χ0) is 12.4. The van der Waals surface area contributed by atoms with Gasteiger partial charge in [0.25, 0.3) is 5.91 Å². The Morgan fingerprint density at radius 1 is 1.65 bits per heavy atom. The summed E-state index contributed by atoms with van der Waals surface area (Å²) in [6, 6.07) is 1.95. The molecule has 0 bridgehead atoms. The average Bonchev–Trinajstić information content (AvgIpc) is 2.77. The summed E-state index contributed by atoms with van der Waals surface area (Å²) >= 11 is 0. The number of carbonyl (C=O) groups is 1. The van der Waals surface area contributed by atoms with Crippen molar-refractivity contribution in [3.8, 4) is 0 Å². The van der Waals surface area contributed by atoms with Crippen LogP contribution in [0.2, 0.25) is 0 Å². The minimum atomic E-state index is -0.0108. The highest BCUT2D eigenvalue weighted by Gasteiger charge is 2.24. The number of nitrogens with two attached hydrogens (primary N) is 1. The molecule has 2 heterocycles. The first-order valence-corrected chi connectivity index (χ1v) is 6.18. The zero-order valence-corrected chi connectivity index (χ0v) is 10.4. The van der Waals surface area contributed by atoms with Gasteiger partial charge in [-0.05, 0) is 24.8 Å². The van der Waals surface area contributed by atoms with Crippen molar-refractivity contribution in [3.63, 3.8) is 0 Å². The molecule has 0 aliphatic carbocycles. The molecule has 1 aromatic heterocycles. The number of rotatable bonds is 2. The van der Waals surface area contributed by atoms with E-state index in [0.717, 1.165) is 25.1 Å². The Morgan fingerprint density at radius 2 is 2.41 bits per heavy atom. The van der Waals surface area contributed by atoms with Gasteiger partial charge < -0.3 is 10.6 Å². The minimum Gasteiger partial charge on any atom is -0.336 e. The number of likely N-dealkylation sites (tertiary alicyclic amines) is 1. The normalized spacial score (nSPS) is 20.9. The zero-order valence-electron chi connectivity index (χ0n) is 10.4. The van der Waals surface area contributed by atoms with Crippen LogP contribution in [0.25, 0.3) is 0 Å². The fourth-order valence-corrected chi connectivity index (χ4v) is 2.10. The van der Waals surface area contributed by atoms with Gasteiger partial charge in [0, 0.05) is 24.8 Å². The summed E-state index contributed by atoms with van der Waals surface area (Å²) in [5.74, 6) is 0.343. The predicted molar refractivity (Wildman–Crippen MR) is 65.8 cm³/mol. The van der Waals surface area contributed by atoms with Crippen LogP contribution < -0.4 is 5.73 Å². The summed E-state index contributed by atoms with van der Waals surface area (Å²) < 4.78 is 0. The second-order valence-electron chi connectivity index (χ2n) is 5.02. The van der Waals surface area contributed by atoms with Crippen molar-refractivity contribution in [2.45, 2.75) is 38.6 Å². The van der Waals surface area contributed by atoms with Gasteiger partial charge in [0.2, 0.25) is 0 Å². The molecule has 0 saturated carbocycles. The van der Waals surface area contributed by atoms with Crippen molar-refractivity contribution in [1.82, 2.24) is 15.1 Å². The number of piperidine rings is 1. The number of hydrogen-bond donors (Lipinski definition) is 2. The van der Waals surface area contributed by atoms with E-state index in [1.807, 2.05) is 6.07 Å². The number of carbonyl (C=O) groups excluding carboxylic acids is 1. The summed E-state index contributed by atoms with van der Waals surface area (Å²) in [6.07, 6.45) is 1.98. The van der Waals surface area contributed by atoms with Crippen molar-refractivity contribution in [3.05, 3.63) is 17.5 Å². The lowest BCUT2D eigenvalue weighted by atomic mass is 10.1. The third kappa shape index (κ3) is 2.66. The molecule has 1 unspecified atom stereocenters. The van der Waals surface area contributed by atoms with Gasteiger partial charge >= 0.3 is 0 Å². The fraction of sp³-hybridized carbons (Fsp3) is 0.667. The molecule has 1 aromatic rings. The molecule has 5 nitrogen and oxygen atoms in total. The predicted octanol–water partition coefficient (Wildman–Crippen LogP) is 1.10. The summed E-state index contributed by atoms with van der Waals surface area (Å²) in [6.45, 7) is 5.57. The van der Waals surface area contributed by atoms with Gasteiger partial charge in [-0.25, -0.2) is 0 Å². The quantitative estimate of drug-likeness (QED) is 0.807. The van der Waals surface area contributed by atoms with E-state index in [0.29, 0.717) is 18.2 Å². The molecular formula is C12H20N4O. The molecule has 17 heavy (non-hydrogen) atoms. The molecule has 94 valence electrons. The first-order chi connectivity index (χ1) is 8.08.